The molecule has 1 fully saturated rings. The van der Waals surface area contributed by atoms with Crippen LogP contribution in [0.4, 0.5) is 0 Å². The molecule has 0 radical (unpaired) electrons. The lowest BCUT2D eigenvalue weighted by Crippen LogP contribution is -2.46. The Balaban J connectivity index is 1.22. The van der Waals surface area contributed by atoms with Crippen molar-refractivity contribution in [1.82, 2.24) is 0 Å². The van der Waals surface area contributed by atoms with Crippen molar-refractivity contribution in [3.63, 3.8) is 0 Å². The first-order chi connectivity index (χ1) is 29.1. The number of hydrogen-bond donors (Lipinski definition) is 13. The zero-order valence-electron chi connectivity index (χ0n) is 32.1. The Bertz CT molecular complexity index is 2480. The highest BCUT2D eigenvalue weighted by atomic mass is 16.5. The highest BCUT2D eigenvalue weighted by Gasteiger charge is 2.49. The zero-order chi connectivity index (χ0) is 43.2. The lowest BCUT2D eigenvalue weighted by molar-refractivity contribution is -0.0981. The number of benzene rings is 5. The molecule has 9 rings (SSSR count). The number of rotatable bonds is 5. The van der Waals surface area contributed by atoms with Crippen LogP contribution in [0.1, 0.15) is 94.8 Å². The van der Waals surface area contributed by atoms with Gasteiger partial charge in [0, 0.05) is 39.7 Å². The highest BCUT2D eigenvalue weighted by molar-refractivity contribution is 5.69. The monoisotopic (exact) mass is 840 g/mol. The second-order valence-corrected chi connectivity index (χ2v) is 16.3. The minimum atomic E-state index is -1.69. The summed E-state index contributed by atoms with van der Waals surface area (Å²) in [6.07, 6.45) is -8.78. The smallest absolute Gasteiger partial charge is 0.201 e. The lowest BCUT2D eigenvalue weighted by Gasteiger charge is -2.42. The van der Waals surface area contributed by atoms with E-state index in [1.807, 2.05) is 0 Å². The average Bonchev–Trinajstić information content (AvgIpc) is 3.24. The van der Waals surface area contributed by atoms with Gasteiger partial charge in [0.25, 0.3) is 0 Å². The molecule has 3 aliphatic heterocycles. The third kappa shape index (κ3) is 6.49. The summed E-state index contributed by atoms with van der Waals surface area (Å²) >= 11 is 0. The van der Waals surface area contributed by atoms with E-state index < -0.39 is 95.2 Å². The second kappa shape index (κ2) is 15.0. The first-order valence-electron chi connectivity index (χ1n) is 19.8. The normalized spacial score (nSPS) is 29.2. The van der Waals surface area contributed by atoms with Crippen molar-refractivity contribution in [2.45, 2.75) is 86.4 Å². The van der Waals surface area contributed by atoms with Crippen molar-refractivity contribution >= 4 is 0 Å². The Morgan fingerprint density at radius 3 is 1.39 bits per heavy atom. The third-order valence-electron chi connectivity index (χ3n) is 12.7. The minimum absolute atomic E-state index is 0.0637. The fraction of sp³-hybridized carbons (Fsp3) is 0.333. The van der Waals surface area contributed by atoms with E-state index in [9.17, 15) is 66.4 Å². The largest absolute Gasteiger partial charge is 0.508 e. The molecule has 13 N–H and O–H groups in total. The summed E-state index contributed by atoms with van der Waals surface area (Å²) < 4.78 is 18.4. The molecule has 1 aliphatic carbocycles. The number of fused-ring (bicyclic) bond motifs is 3. The van der Waals surface area contributed by atoms with Gasteiger partial charge < -0.3 is 80.6 Å². The molecule has 1 saturated carbocycles. The molecule has 0 aromatic heterocycles. The number of phenols is 8. The third-order valence-corrected chi connectivity index (χ3v) is 12.7. The lowest BCUT2D eigenvalue weighted by atomic mass is 9.74. The SMILES string of the molecule is Oc1ccc(C2Oc3c(ccc(O)c3O)C(c3cc4c(c(O)c3O)OC(c3ccc(O)cc3)C(O)C4c3cc4c(c(O)c3O)OC(C3CCC(O)CC3)C(O)C4O)C2O)cc1. The van der Waals surface area contributed by atoms with Gasteiger partial charge in [-0.1, -0.05) is 30.3 Å². The van der Waals surface area contributed by atoms with Gasteiger partial charge >= 0.3 is 0 Å². The standard InChI is InChI=1S/C45H44O16/c46-20-7-1-17(2-8-20)40-35(54)29(23-13-14-28(49)34(53)43(23)59-40)24-15-26-30(36(55)41(18-3-9-21(47)10-4-18)60-44(26)38(57)31(24)50)25-16-27-33(52)37(56)42(19-5-11-22(48)12-6-19)61-45(27)39(58)32(25)51/h1-4,7-10,13-16,19,22,29-30,33,35-37,40-42,46-58H,5-6,11-12H2. The molecular weight excluding hydrogens is 796 g/mol. The van der Waals surface area contributed by atoms with Gasteiger partial charge in [0.1, 0.15) is 42.0 Å². The highest BCUT2D eigenvalue weighted by Crippen LogP contribution is 2.60. The molecule has 320 valence electrons. The zero-order valence-corrected chi connectivity index (χ0v) is 32.1. The molecule has 0 saturated heterocycles. The maximum Gasteiger partial charge on any atom is 0.201 e. The molecule has 0 spiro atoms. The summed E-state index contributed by atoms with van der Waals surface area (Å²) in [7, 11) is 0. The van der Waals surface area contributed by atoms with E-state index in [2.05, 4.69) is 0 Å². The van der Waals surface area contributed by atoms with Crippen LogP contribution in [0.25, 0.3) is 0 Å². The Morgan fingerprint density at radius 1 is 0.410 bits per heavy atom. The summed E-state index contributed by atoms with van der Waals surface area (Å²) in [5, 5.41) is 146. The fourth-order valence-corrected chi connectivity index (χ4v) is 9.53. The molecule has 4 aliphatic rings. The number of ether oxygens (including phenoxy) is 3. The Kier molecular flexibility index (Phi) is 9.87. The van der Waals surface area contributed by atoms with E-state index in [1.54, 1.807) is 0 Å². The van der Waals surface area contributed by atoms with E-state index in [-0.39, 0.29) is 68.0 Å². The van der Waals surface area contributed by atoms with Crippen LogP contribution in [-0.2, 0) is 0 Å². The van der Waals surface area contributed by atoms with Gasteiger partial charge in [0.05, 0.1) is 6.10 Å². The van der Waals surface area contributed by atoms with Crippen LogP contribution in [0.2, 0.25) is 0 Å². The van der Waals surface area contributed by atoms with Gasteiger partial charge in [0.15, 0.2) is 46.7 Å². The first-order valence-corrected chi connectivity index (χ1v) is 19.8. The van der Waals surface area contributed by atoms with Crippen molar-refractivity contribution in [2.75, 3.05) is 0 Å². The summed E-state index contributed by atoms with van der Waals surface area (Å²) in [5.41, 5.74) is 0.0400. The van der Waals surface area contributed by atoms with Crippen LogP contribution in [0.5, 0.6) is 63.2 Å². The predicted octanol–water partition coefficient (Wildman–Crippen LogP) is 4.29. The van der Waals surface area contributed by atoms with E-state index >= 15 is 0 Å². The number of aliphatic hydroxyl groups excluding tert-OH is 5. The molecular formula is C45H44O16. The molecule has 0 amide bonds. The topological polar surface area (TPSA) is 291 Å². The molecule has 61 heavy (non-hydrogen) atoms. The Morgan fingerprint density at radius 2 is 0.869 bits per heavy atom. The van der Waals surface area contributed by atoms with E-state index in [1.165, 1.54) is 66.7 Å². The minimum Gasteiger partial charge on any atom is -0.508 e. The van der Waals surface area contributed by atoms with Gasteiger partial charge in [-0.15, -0.1) is 0 Å². The van der Waals surface area contributed by atoms with Gasteiger partial charge in [-0.3, -0.25) is 0 Å². The van der Waals surface area contributed by atoms with Crippen molar-refractivity contribution in [2.24, 2.45) is 5.92 Å². The summed E-state index contributed by atoms with van der Waals surface area (Å²) in [6.45, 7) is 0. The molecule has 5 aromatic rings. The van der Waals surface area contributed by atoms with Crippen molar-refractivity contribution < 1.29 is 80.6 Å². The van der Waals surface area contributed by atoms with Crippen LogP contribution >= 0.6 is 0 Å². The van der Waals surface area contributed by atoms with E-state index in [0.717, 1.165) is 6.07 Å². The Labute approximate surface area is 347 Å². The second-order valence-electron chi connectivity index (χ2n) is 16.3. The quantitative estimate of drug-likeness (QED) is 0.110. The molecule has 9 atom stereocenters. The summed E-state index contributed by atoms with van der Waals surface area (Å²) in [5.74, 6) is -8.78. The number of aliphatic hydroxyl groups is 5. The number of hydrogen-bond acceptors (Lipinski definition) is 16. The van der Waals surface area contributed by atoms with Gasteiger partial charge in [-0.2, -0.15) is 0 Å². The number of aromatic hydroxyl groups is 8. The average molecular weight is 841 g/mol. The van der Waals surface area contributed by atoms with Gasteiger partial charge in [-0.05, 0) is 85.2 Å². The van der Waals surface area contributed by atoms with Crippen LogP contribution in [0.15, 0.2) is 72.8 Å². The maximum atomic E-state index is 12.3. The molecule has 16 heteroatoms. The first kappa shape index (κ1) is 40.1. The molecule has 9 unspecified atom stereocenters. The van der Waals surface area contributed by atoms with Crippen molar-refractivity contribution in [1.29, 1.82) is 0 Å². The molecule has 0 bridgehead atoms. The van der Waals surface area contributed by atoms with Gasteiger partial charge in [-0.25, -0.2) is 0 Å². The Hall–Kier alpha value is -6.30. The maximum absolute atomic E-state index is 12.3. The summed E-state index contributed by atoms with van der Waals surface area (Å²) in [6, 6.07) is 16.2. The fourth-order valence-electron chi connectivity index (χ4n) is 9.53. The van der Waals surface area contributed by atoms with E-state index in [4.69, 9.17) is 14.2 Å². The van der Waals surface area contributed by atoms with Crippen molar-refractivity contribution in [3.05, 3.63) is 112 Å². The summed E-state index contributed by atoms with van der Waals surface area (Å²) in [4.78, 5) is 0. The molecule has 5 aromatic carbocycles. The van der Waals surface area contributed by atoms with Crippen LogP contribution in [0.3, 0.4) is 0 Å². The number of phenolic OH excluding ortho intramolecular Hbond substituents is 8. The van der Waals surface area contributed by atoms with Crippen molar-refractivity contribution in [3.8, 4) is 63.2 Å². The predicted molar refractivity (Wildman–Crippen MR) is 211 cm³/mol. The van der Waals surface area contributed by atoms with Crippen LogP contribution in [0, 0.1) is 5.92 Å². The van der Waals surface area contributed by atoms with Crippen LogP contribution in [-0.4, -0.2) is 96.9 Å². The molecule has 3 heterocycles. The van der Waals surface area contributed by atoms with E-state index in [0.29, 0.717) is 31.2 Å². The van der Waals surface area contributed by atoms with Gasteiger partial charge in [0.2, 0.25) is 17.2 Å². The van der Waals surface area contributed by atoms with Crippen LogP contribution < -0.4 is 14.2 Å². The molecule has 16 nitrogen and oxygen atoms in total.